The van der Waals surface area contributed by atoms with E-state index in [4.69, 9.17) is 39.9 Å². The van der Waals surface area contributed by atoms with Gasteiger partial charge >= 0.3 is 26.2 Å². The van der Waals surface area contributed by atoms with Gasteiger partial charge in [-0.2, -0.15) is 0 Å². The second-order valence-electron chi connectivity index (χ2n) is 0.612. The molecule has 0 aliphatic carbocycles. The third kappa shape index (κ3) is 1350. The number of hydrogen-bond acceptors (Lipinski definition) is 9. The van der Waals surface area contributed by atoms with Crippen molar-refractivity contribution in [3.8, 4) is 0 Å². The third-order valence-corrected chi connectivity index (χ3v) is 0. The van der Waals surface area contributed by atoms with Gasteiger partial charge in [0.2, 0.25) is 0 Å². The molecular formula is BiO9S3-3. The van der Waals surface area contributed by atoms with E-state index in [1.165, 1.54) is 0 Å². The first-order valence-electron chi connectivity index (χ1n) is 1.50. The standard InChI is InChI=1S/Bi.3H2O3S/c;3*1-4(2)3/h;3*(H2,1,2,3)/q+3;;;/p-6. The van der Waals surface area contributed by atoms with Gasteiger partial charge in [0.05, 0.1) is 0 Å². The molecule has 13 heavy (non-hydrogen) atoms. The first-order chi connectivity index (χ1) is 5.20. The van der Waals surface area contributed by atoms with Crippen LogP contribution in [0.15, 0.2) is 0 Å². The first kappa shape index (κ1) is 23.7. The minimum absolute atomic E-state index is 0. The molecule has 0 rings (SSSR count). The SMILES string of the molecule is O=S([O-])[O-].O=S([O-])[O-].O=S([O-])[O-].[Bi+3]. The van der Waals surface area contributed by atoms with Gasteiger partial charge < -0.3 is 27.3 Å². The fourth-order valence-corrected chi connectivity index (χ4v) is 0. The molecule has 0 saturated carbocycles. The average molecular weight is 449 g/mol. The Morgan fingerprint density at radius 2 is 0.538 bits per heavy atom. The van der Waals surface area contributed by atoms with Gasteiger partial charge in [-0.25, -0.2) is 0 Å². The predicted molar refractivity (Wildman–Crippen MR) is 34.8 cm³/mol. The molecule has 0 aliphatic rings. The van der Waals surface area contributed by atoms with E-state index in [0.29, 0.717) is 0 Å². The largest absolute Gasteiger partial charge is 3.00 e. The van der Waals surface area contributed by atoms with Crippen molar-refractivity contribution in [3.05, 3.63) is 0 Å². The van der Waals surface area contributed by atoms with E-state index in [1.807, 2.05) is 0 Å². The molecule has 0 aromatic carbocycles. The Balaban J connectivity index is -0.0000000450. The number of hydrogen-bond donors (Lipinski definition) is 0. The topological polar surface area (TPSA) is 190 Å². The smallest absolute Gasteiger partial charge is 0.784 e. The molecule has 0 N–H and O–H groups in total. The van der Waals surface area contributed by atoms with Gasteiger partial charge in [-0.3, -0.25) is 12.6 Å². The summed E-state index contributed by atoms with van der Waals surface area (Å²) >= 11 is -9.33. The summed E-state index contributed by atoms with van der Waals surface area (Å²) in [4.78, 5) is 0. The van der Waals surface area contributed by atoms with E-state index in [2.05, 4.69) is 0 Å². The van der Waals surface area contributed by atoms with Crippen molar-refractivity contribution in [3.63, 3.8) is 0 Å². The van der Waals surface area contributed by atoms with E-state index >= 15 is 0 Å². The Morgan fingerprint density at radius 1 is 0.538 bits per heavy atom. The van der Waals surface area contributed by atoms with Crippen molar-refractivity contribution in [2.75, 3.05) is 0 Å². The second kappa shape index (κ2) is 18.8. The number of rotatable bonds is 0. The Bertz CT molecular complexity index is 112. The van der Waals surface area contributed by atoms with Crippen molar-refractivity contribution in [1.82, 2.24) is 0 Å². The van der Waals surface area contributed by atoms with E-state index in [0.717, 1.165) is 0 Å². The Labute approximate surface area is 99.8 Å². The molecule has 13 heteroatoms. The normalized spacial score (nSPS) is 8.08. The van der Waals surface area contributed by atoms with Crippen LogP contribution in [0, 0.1) is 0 Å². The van der Waals surface area contributed by atoms with Gasteiger partial charge in [0.15, 0.2) is 0 Å². The van der Waals surface area contributed by atoms with Crippen molar-refractivity contribution in [2.45, 2.75) is 0 Å². The Kier molecular flexibility index (Phi) is 34.3. The Morgan fingerprint density at radius 3 is 0.538 bits per heavy atom. The molecule has 0 amide bonds. The summed E-state index contributed by atoms with van der Waals surface area (Å²) in [5, 5.41) is 0. The molecular weight excluding hydrogens is 449 g/mol. The van der Waals surface area contributed by atoms with Crippen LogP contribution in [0.4, 0.5) is 0 Å². The zero-order valence-corrected chi connectivity index (χ0v) is 11.3. The first-order valence-corrected chi connectivity index (χ1v) is 4.50. The van der Waals surface area contributed by atoms with Gasteiger partial charge in [-0.05, 0) is 0 Å². The molecule has 80 valence electrons. The minimum atomic E-state index is -3.11. The fourth-order valence-electron chi connectivity index (χ4n) is 0. The molecule has 0 aromatic heterocycles. The summed E-state index contributed by atoms with van der Waals surface area (Å²) in [5.74, 6) is 0. The van der Waals surface area contributed by atoms with Crippen molar-refractivity contribution in [1.29, 1.82) is 0 Å². The maximum absolute atomic E-state index is 8.44. The second-order valence-corrected chi connectivity index (χ2v) is 1.84. The Hall–Kier alpha value is 1.09. The predicted octanol–water partition coefficient (Wildman–Crippen LogP) is -3.39. The van der Waals surface area contributed by atoms with Crippen LogP contribution in [0.2, 0.25) is 0 Å². The van der Waals surface area contributed by atoms with Crippen LogP contribution in [0.3, 0.4) is 0 Å². The van der Waals surface area contributed by atoms with E-state index in [1.54, 1.807) is 0 Å². The third-order valence-electron chi connectivity index (χ3n) is 0. The molecule has 0 bridgehead atoms. The maximum Gasteiger partial charge on any atom is 3.00 e. The summed E-state index contributed by atoms with van der Waals surface area (Å²) < 4.78 is 76.0. The van der Waals surface area contributed by atoms with Gasteiger partial charge in [0.1, 0.15) is 0 Å². The van der Waals surface area contributed by atoms with Crippen LogP contribution in [0.5, 0.6) is 0 Å². The quantitative estimate of drug-likeness (QED) is 0.268. The van der Waals surface area contributed by atoms with Crippen molar-refractivity contribution < 1.29 is 39.9 Å². The summed E-state index contributed by atoms with van der Waals surface area (Å²) in [5.41, 5.74) is 0. The van der Waals surface area contributed by atoms with Gasteiger partial charge in [-0.15, -0.1) is 34.1 Å². The molecule has 0 atom stereocenters. The average Bonchev–Trinajstić information content (AvgIpc) is 1.54. The van der Waals surface area contributed by atoms with Crippen LogP contribution in [0.25, 0.3) is 0 Å². The van der Waals surface area contributed by atoms with Crippen molar-refractivity contribution >= 4 is 60.3 Å². The van der Waals surface area contributed by atoms with Crippen LogP contribution < -0.4 is 0 Å². The molecule has 0 aliphatic heterocycles. The molecule has 0 fully saturated rings. The summed E-state index contributed by atoms with van der Waals surface area (Å²) in [6, 6.07) is 0. The molecule has 0 heterocycles. The van der Waals surface area contributed by atoms with Crippen molar-refractivity contribution in [2.24, 2.45) is 0 Å². The molecule has 0 aromatic rings. The summed E-state index contributed by atoms with van der Waals surface area (Å²) in [6.07, 6.45) is 0. The van der Waals surface area contributed by atoms with E-state index < -0.39 is 34.1 Å². The molecule has 2 radical (unpaired) electrons. The van der Waals surface area contributed by atoms with Gasteiger partial charge in [-0.1, -0.05) is 0 Å². The molecule has 0 unspecified atom stereocenters. The summed E-state index contributed by atoms with van der Waals surface area (Å²) in [7, 11) is 0. The maximum atomic E-state index is 8.44. The fraction of sp³-hybridized carbons (Fsp3) is 0. The summed E-state index contributed by atoms with van der Waals surface area (Å²) in [6.45, 7) is 0. The zero-order chi connectivity index (χ0) is 10.7. The van der Waals surface area contributed by atoms with Crippen LogP contribution >= 0.6 is 0 Å². The van der Waals surface area contributed by atoms with E-state index in [-0.39, 0.29) is 26.2 Å². The van der Waals surface area contributed by atoms with Crippen LogP contribution in [0.1, 0.15) is 0 Å². The monoisotopic (exact) mass is 449 g/mol. The van der Waals surface area contributed by atoms with Crippen LogP contribution in [-0.4, -0.2) is 66.1 Å². The van der Waals surface area contributed by atoms with Gasteiger partial charge in [0.25, 0.3) is 0 Å². The zero-order valence-electron chi connectivity index (χ0n) is 5.35. The van der Waals surface area contributed by atoms with Gasteiger partial charge in [0, 0.05) is 0 Å². The minimum Gasteiger partial charge on any atom is -0.784 e. The molecule has 0 spiro atoms. The van der Waals surface area contributed by atoms with E-state index in [9.17, 15) is 0 Å². The molecule has 0 saturated heterocycles. The van der Waals surface area contributed by atoms with Crippen LogP contribution in [-0.2, 0) is 34.1 Å². The molecule has 9 nitrogen and oxygen atoms in total.